The molecular formula is C12H10N4O5. The molecule has 1 aromatic carbocycles. The number of carboxylic acid groups (broad SMARTS) is 2. The summed E-state index contributed by atoms with van der Waals surface area (Å²) in [4.78, 5) is 21.9. The minimum Gasteiger partial charge on any atom is -0.507 e. The Labute approximate surface area is 117 Å². The molecule has 1 heterocycles. The van der Waals surface area contributed by atoms with Crippen LogP contribution in [-0.2, 0) is 4.79 Å². The number of phenols is 1. The first-order valence-corrected chi connectivity index (χ1v) is 6.07. The van der Waals surface area contributed by atoms with Crippen LogP contribution >= 0.6 is 0 Å². The van der Waals surface area contributed by atoms with E-state index in [1.807, 2.05) is 0 Å². The highest BCUT2D eigenvalue weighted by molar-refractivity contribution is 5.91. The van der Waals surface area contributed by atoms with Crippen LogP contribution in [0.4, 0.5) is 0 Å². The Kier molecular flexibility index (Phi) is 2.82. The van der Waals surface area contributed by atoms with Gasteiger partial charge in [0.1, 0.15) is 11.3 Å². The van der Waals surface area contributed by atoms with Crippen LogP contribution < -0.4 is 0 Å². The lowest BCUT2D eigenvalue weighted by molar-refractivity contribution is -0.138. The van der Waals surface area contributed by atoms with Crippen LogP contribution in [0.1, 0.15) is 28.5 Å². The fourth-order valence-corrected chi connectivity index (χ4v) is 2.19. The van der Waals surface area contributed by atoms with E-state index in [4.69, 9.17) is 10.2 Å². The maximum absolute atomic E-state index is 11.0. The zero-order valence-electron chi connectivity index (χ0n) is 10.5. The average molecular weight is 290 g/mol. The van der Waals surface area contributed by atoms with Gasteiger partial charge in [-0.25, -0.2) is 4.79 Å². The van der Waals surface area contributed by atoms with Crippen LogP contribution in [-0.4, -0.2) is 47.5 Å². The van der Waals surface area contributed by atoms with Crippen molar-refractivity contribution in [1.82, 2.24) is 20.2 Å². The number of carboxylic acids is 2. The molecule has 9 nitrogen and oxygen atoms in total. The first-order chi connectivity index (χ1) is 9.99. The SMILES string of the molecule is O=C(O)c1cc(-n2nnnc2C2CC2C(=O)O)ccc1O. The van der Waals surface area contributed by atoms with E-state index in [1.54, 1.807) is 0 Å². The number of carbonyl (C=O) groups is 2. The molecule has 0 amide bonds. The van der Waals surface area contributed by atoms with E-state index in [-0.39, 0.29) is 17.2 Å². The molecule has 1 aliphatic carbocycles. The second-order valence-electron chi connectivity index (χ2n) is 4.74. The second-order valence-corrected chi connectivity index (χ2v) is 4.74. The summed E-state index contributed by atoms with van der Waals surface area (Å²) in [7, 11) is 0. The Morgan fingerprint density at radius 3 is 2.67 bits per heavy atom. The summed E-state index contributed by atoms with van der Waals surface area (Å²) in [6, 6.07) is 3.92. The minimum atomic E-state index is -1.28. The van der Waals surface area contributed by atoms with Crippen molar-refractivity contribution < 1.29 is 24.9 Å². The van der Waals surface area contributed by atoms with E-state index < -0.39 is 17.9 Å². The molecule has 3 rings (SSSR count). The van der Waals surface area contributed by atoms with Gasteiger partial charge in [-0.15, -0.1) is 5.10 Å². The third-order valence-electron chi connectivity index (χ3n) is 3.39. The first-order valence-electron chi connectivity index (χ1n) is 6.07. The van der Waals surface area contributed by atoms with Gasteiger partial charge in [0, 0.05) is 5.92 Å². The second kappa shape index (κ2) is 4.54. The Morgan fingerprint density at radius 1 is 1.29 bits per heavy atom. The Morgan fingerprint density at radius 2 is 2.05 bits per heavy atom. The molecule has 9 heteroatoms. The molecular weight excluding hydrogens is 280 g/mol. The number of benzene rings is 1. The van der Waals surface area contributed by atoms with Gasteiger partial charge in [-0.2, -0.15) is 4.68 Å². The van der Waals surface area contributed by atoms with Gasteiger partial charge >= 0.3 is 11.9 Å². The molecule has 2 aromatic rings. The molecule has 1 aromatic heterocycles. The van der Waals surface area contributed by atoms with Gasteiger partial charge in [0.2, 0.25) is 0 Å². The molecule has 3 N–H and O–H groups in total. The number of aliphatic carboxylic acids is 1. The number of nitrogens with zero attached hydrogens (tertiary/aromatic N) is 4. The zero-order chi connectivity index (χ0) is 15.1. The van der Waals surface area contributed by atoms with Crippen LogP contribution in [0.15, 0.2) is 18.2 Å². The number of tetrazole rings is 1. The van der Waals surface area contributed by atoms with Crippen molar-refractivity contribution in [3.05, 3.63) is 29.6 Å². The van der Waals surface area contributed by atoms with Crippen LogP contribution in [0.25, 0.3) is 5.69 Å². The number of hydrogen-bond acceptors (Lipinski definition) is 6. The van der Waals surface area contributed by atoms with Gasteiger partial charge in [-0.1, -0.05) is 0 Å². The number of aromatic hydroxyl groups is 1. The Hall–Kier alpha value is -2.97. The highest BCUT2D eigenvalue weighted by Crippen LogP contribution is 2.46. The lowest BCUT2D eigenvalue weighted by atomic mass is 10.1. The Bertz CT molecular complexity index is 741. The quantitative estimate of drug-likeness (QED) is 0.728. The van der Waals surface area contributed by atoms with Crippen molar-refractivity contribution in [1.29, 1.82) is 0 Å². The smallest absolute Gasteiger partial charge is 0.339 e. The molecule has 0 spiro atoms. The van der Waals surface area contributed by atoms with Crippen LogP contribution in [0, 0.1) is 5.92 Å². The van der Waals surface area contributed by atoms with Gasteiger partial charge < -0.3 is 15.3 Å². The molecule has 21 heavy (non-hydrogen) atoms. The van der Waals surface area contributed by atoms with Crippen LogP contribution in [0.3, 0.4) is 0 Å². The third-order valence-corrected chi connectivity index (χ3v) is 3.39. The fraction of sp³-hybridized carbons (Fsp3) is 0.250. The van der Waals surface area contributed by atoms with E-state index >= 15 is 0 Å². The molecule has 2 atom stereocenters. The summed E-state index contributed by atoms with van der Waals surface area (Å²) < 4.78 is 1.29. The normalized spacial score (nSPS) is 20.2. The summed E-state index contributed by atoms with van der Waals surface area (Å²) in [6.07, 6.45) is 0.444. The van der Waals surface area contributed by atoms with Gasteiger partial charge in [0.05, 0.1) is 11.6 Å². The lowest BCUT2D eigenvalue weighted by Gasteiger charge is -2.06. The Balaban J connectivity index is 1.99. The van der Waals surface area contributed by atoms with Crippen LogP contribution in [0.2, 0.25) is 0 Å². The topological polar surface area (TPSA) is 138 Å². The molecule has 2 unspecified atom stereocenters. The van der Waals surface area contributed by atoms with Crippen molar-refractivity contribution in [2.75, 3.05) is 0 Å². The van der Waals surface area contributed by atoms with E-state index in [1.165, 1.54) is 22.9 Å². The zero-order valence-corrected chi connectivity index (χ0v) is 10.5. The molecule has 1 aliphatic rings. The molecule has 0 aliphatic heterocycles. The molecule has 0 radical (unpaired) electrons. The fourth-order valence-electron chi connectivity index (χ4n) is 2.19. The number of hydrogen-bond donors (Lipinski definition) is 3. The van der Waals surface area contributed by atoms with Gasteiger partial charge in [0.25, 0.3) is 0 Å². The molecule has 108 valence electrons. The third kappa shape index (κ3) is 2.18. The minimum absolute atomic E-state index is 0.278. The molecule has 0 bridgehead atoms. The average Bonchev–Trinajstić information content (AvgIpc) is 3.09. The standard InChI is InChI=1S/C12H10N4O5/c17-9-2-1-5(3-8(9)12(20)21)16-10(13-14-15-16)6-4-7(6)11(18)19/h1-3,6-7,17H,4H2,(H,18,19)(H,20,21). The first kappa shape index (κ1) is 13.0. The summed E-state index contributed by atoms with van der Waals surface area (Å²) in [5.74, 6) is -3.00. The van der Waals surface area contributed by atoms with Crippen molar-refractivity contribution in [3.8, 4) is 11.4 Å². The summed E-state index contributed by atoms with van der Waals surface area (Å²) >= 11 is 0. The van der Waals surface area contributed by atoms with Crippen molar-refractivity contribution >= 4 is 11.9 Å². The number of aromatic carboxylic acids is 1. The lowest BCUT2D eigenvalue weighted by Crippen LogP contribution is -2.07. The number of rotatable bonds is 4. The maximum atomic E-state index is 11.0. The van der Waals surface area contributed by atoms with Crippen molar-refractivity contribution in [3.63, 3.8) is 0 Å². The summed E-state index contributed by atoms with van der Waals surface area (Å²) in [5.41, 5.74) is 0.0702. The predicted octanol–water partition coefficient (Wildman–Crippen LogP) is 0.254. The number of aromatic nitrogens is 4. The summed E-state index contributed by atoms with van der Waals surface area (Å²) in [5, 5.41) is 38.5. The van der Waals surface area contributed by atoms with Gasteiger partial charge in [-0.3, -0.25) is 4.79 Å². The van der Waals surface area contributed by atoms with Crippen LogP contribution in [0.5, 0.6) is 5.75 Å². The monoisotopic (exact) mass is 290 g/mol. The molecule has 1 saturated carbocycles. The predicted molar refractivity (Wildman–Crippen MR) is 66.3 cm³/mol. The molecule has 1 fully saturated rings. The molecule has 0 saturated heterocycles. The highest BCUT2D eigenvalue weighted by Gasteiger charge is 2.47. The van der Waals surface area contributed by atoms with E-state index in [0.29, 0.717) is 17.9 Å². The highest BCUT2D eigenvalue weighted by atomic mass is 16.4. The largest absolute Gasteiger partial charge is 0.507 e. The van der Waals surface area contributed by atoms with Crippen molar-refractivity contribution in [2.24, 2.45) is 5.92 Å². The van der Waals surface area contributed by atoms with E-state index in [2.05, 4.69) is 15.5 Å². The van der Waals surface area contributed by atoms with E-state index in [9.17, 15) is 14.7 Å². The van der Waals surface area contributed by atoms with Gasteiger partial charge in [-0.05, 0) is 35.0 Å². The maximum Gasteiger partial charge on any atom is 0.339 e. The van der Waals surface area contributed by atoms with Crippen molar-refractivity contribution in [2.45, 2.75) is 12.3 Å². The van der Waals surface area contributed by atoms with E-state index in [0.717, 1.165) is 0 Å². The van der Waals surface area contributed by atoms with Gasteiger partial charge in [0.15, 0.2) is 5.82 Å². The summed E-state index contributed by atoms with van der Waals surface area (Å²) in [6.45, 7) is 0.